The molecular formula is C14H19N6NpO2-. The van der Waals surface area contributed by atoms with Crippen LogP contribution in [0.4, 0.5) is 28.4 Å². The van der Waals surface area contributed by atoms with Gasteiger partial charge in [-0.15, -0.1) is 12.1 Å². The number of aromatic hydroxyl groups is 2. The minimum absolute atomic E-state index is 0. The van der Waals surface area contributed by atoms with Gasteiger partial charge in [-0.25, -0.2) is 0 Å². The summed E-state index contributed by atoms with van der Waals surface area (Å²) in [6.07, 6.45) is 0. The van der Waals surface area contributed by atoms with E-state index in [4.69, 9.17) is 22.9 Å². The third-order valence-corrected chi connectivity index (χ3v) is 2.93. The number of nitrogen functional groups attached to an aromatic ring is 3. The standard InChI is InChI=1S/C14H19N6O2.Np/c1-14(18,19-7-2-3-12(21)9(15)4-7)20-8-5-10(16)13(22)11(17)6-8;/h2,4-6,19-22H,15-18H2,1H3;/q-1;/t14-;/m0./s1. The number of phenols is 2. The molecule has 2 aromatic rings. The van der Waals surface area contributed by atoms with Gasteiger partial charge in [-0.1, -0.05) is 5.69 Å². The maximum absolute atomic E-state index is 9.55. The van der Waals surface area contributed by atoms with Crippen molar-refractivity contribution in [2.24, 2.45) is 5.73 Å². The second-order valence-corrected chi connectivity index (χ2v) is 5.15. The van der Waals surface area contributed by atoms with Crippen LogP contribution in [0.1, 0.15) is 6.92 Å². The van der Waals surface area contributed by atoms with Gasteiger partial charge in [0.05, 0.1) is 11.4 Å². The van der Waals surface area contributed by atoms with Crippen LogP contribution in [0.3, 0.4) is 0 Å². The van der Waals surface area contributed by atoms with Gasteiger partial charge in [-0.2, -0.15) is 6.07 Å². The molecule has 0 fully saturated rings. The van der Waals surface area contributed by atoms with Crippen molar-refractivity contribution in [1.29, 1.82) is 0 Å². The molecule has 2 aromatic carbocycles. The van der Waals surface area contributed by atoms with Crippen LogP contribution >= 0.6 is 0 Å². The van der Waals surface area contributed by atoms with Crippen molar-refractivity contribution in [2.75, 3.05) is 27.8 Å². The third-order valence-electron chi connectivity index (χ3n) is 2.93. The van der Waals surface area contributed by atoms with E-state index in [9.17, 15) is 10.2 Å². The molecule has 0 spiro atoms. The second kappa shape index (κ2) is 7.06. The zero-order valence-electron chi connectivity index (χ0n) is 12.5. The maximum atomic E-state index is 9.55. The average Bonchev–Trinajstić information content (AvgIpc) is 2.39. The van der Waals surface area contributed by atoms with Gasteiger partial charge < -0.3 is 38.0 Å². The number of rotatable bonds is 4. The summed E-state index contributed by atoms with van der Waals surface area (Å²) in [6.45, 7) is 1.68. The zero-order chi connectivity index (χ0) is 16.5. The van der Waals surface area contributed by atoms with Crippen LogP contribution in [0, 0.1) is 36.0 Å². The van der Waals surface area contributed by atoms with Crippen molar-refractivity contribution in [1.82, 2.24) is 0 Å². The van der Waals surface area contributed by atoms with E-state index in [2.05, 4.69) is 16.7 Å². The molecule has 8 nitrogen and oxygen atoms in total. The molecule has 9 heteroatoms. The summed E-state index contributed by atoms with van der Waals surface area (Å²) in [5.74, 6) is -1.37. The second-order valence-electron chi connectivity index (χ2n) is 5.15. The van der Waals surface area contributed by atoms with Crippen molar-refractivity contribution in [3.63, 3.8) is 0 Å². The van der Waals surface area contributed by atoms with E-state index >= 15 is 0 Å². The van der Waals surface area contributed by atoms with Gasteiger partial charge in [-0.05, 0) is 24.7 Å². The maximum Gasteiger partial charge on any atom is 0.161 e. The smallest absolute Gasteiger partial charge is 0.161 e. The van der Waals surface area contributed by atoms with Gasteiger partial charge in [0.1, 0.15) is 5.79 Å². The Morgan fingerprint density at radius 1 is 0.957 bits per heavy atom. The van der Waals surface area contributed by atoms with Crippen molar-refractivity contribution in [3.05, 3.63) is 30.3 Å². The Bertz CT molecular complexity index is 685. The SMILES string of the molecule is C[C@](N)(Nc1c[c-]c(O)c(N)c1)Nc1cc(N)c(O)c(N)c1.[Np]. The van der Waals surface area contributed by atoms with Gasteiger partial charge in [0.25, 0.3) is 0 Å². The van der Waals surface area contributed by atoms with Crippen LogP contribution in [0.2, 0.25) is 0 Å². The molecule has 0 aliphatic carbocycles. The third kappa shape index (κ3) is 4.74. The van der Waals surface area contributed by atoms with Crippen molar-refractivity contribution < 1.29 is 40.2 Å². The molecule has 12 N–H and O–H groups in total. The first-order valence-corrected chi connectivity index (χ1v) is 6.41. The first-order valence-electron chi connectivity index (χ1n) is 6.41. The molecule has 0 heterocycles. The van der Waals surface area contributed by atoms with E-state index in [1.807, 2.05) is 0 Å². The number of nitrogens with two attached hydrogens (primary N) is 4. The average molecular weight is 540 g/mol. The van der Waals surface area contributed by atoms with E-state index in [-0.39, 0.29) is 58.5 Å². The number of hydrogen-bond acceptors (Lipinski definition) is 8. The largest absolute Gasteiger partial charge is 0.532 e. The predicted molar refractivity (Wildman–Crippen MR) is 88.1 cm³/mol. The molecule has 2 rings (SSSR count). The molecular weight excluding hydrogens is 521 g/mol. The van der Waals surface area contributed by atoms with Crippen molar-refractivity contribution >= 4 is 28.4 Å². The fourth-order valence-electron chi connectivity index (χ4n) is 1.96. The topological polar surface area (TPSA) is 169 Å². The number of anilines is 5. The summed E-state index contributed by atoms with van der Waals surface area (Å²) in [5, 5.41) is 24.9. The number of hydrogen-bond donors (Lipinski definition) is 8. The fourth-order valence-corrected chi connectivity index (χ4v) is 1.96. The Morgan fingerprint density at radius 2 is 1.43 bits per heavy atom. The van der Waals surface area contributed by atoms with Gasteiger partial charge in [0.15, 0.2) is 5.75 Å². The number of benzene rings is 2. The summed E-state index contributed by atoms with van der Waals surface area (Å²) < 4.78 is 0. The zero-order valence-corrected chi connectivity index (χ0v) is 16.2. The van der Waals surface area contributed by atoms with Crippen molar-refractivity contribution in [2.45, 2.75) is 12.7 Å². The van der Waals surface area contributed by atoms with E-state index in [1.54, 1.807) is 6.92 Å². The molecule has 0 aromatic heterocycles. The number of nitrogens with one attached hydrogen (secondary N) is 2. The van der Waals surface area contributed by atoms with Crippen LogP contribution in [0.5, 0.6) is 11.5 Å². The van der Waals surface area contributed by atoms with Crippen LogP contribution in [-0.2, 0) is 0 Å². The summed E-state index contributed by atoms with van der Waals surface area (Å²) >= 11 is 0. The minimum atomic E-state index is -1.08. The quantitative estimate of drug-likeness (QED) is 0.0927. The van der Waals surface area contributed by atoms with Gasteiger partial charge in [-0.3, -0.25) is 5.73 Å². The van der Waals surface area contributed by atoms with E-state index < -0.39 is 5.79 Å². The Labute approximate surface area is 156 Å². The van der Waals surface area contributed by atoms with Crippen LogP contribution in [0.25, 0.3) is 0 Å². The van der Waals surface area contributed by atoms with Crippen LogP contribution in [-0.4, -0.2) is 16.0 Å². The summed E-state index contributed by atoms with van der Waals surface area (Å²) in [5.41, 5.74) is 24.6. The molecule has 23 heavy (non-hydrogen) atoms. The Hall–Kier alpha value is -1.99. The normalized spacial score (nSPS) is 12.8. The van der Waals surface area contributed by atoms with Crippen LogP contribution in [0.15, 0.2) is 24.3 Å². The Kier molecular flexibility index (Phi) is 5.85. The molecule has 0 aliphatic rings. The molecule has 0 bridgehead atoms. The molecule has 123 valence electrons. The molecule has 0 aliphatic heterocycles. The summed E-state index contributed by atoms with van der Waals surface area (Å²) in [4.78, 5) is 0. The van der Waals surface area contributed by atoms with E-state index in [1.165, 1.54) is 24.3 Å². The monoisotopic (exact) mass is 539 g/mol. The number of phenolic OH excluding ortho intramolecular Hbond substituents is 2. The van der Waals surface area contributed by atoms with Crippen LogP contribution < -0.4 is 33.6 Å². The summed E-state index contributed by atoms with van der Waals surface area (Å²) in [7, 11) is 0. The first-order chi connectivity index (χ1) is 10.2. The molecule has 1 atom stereocenters. The molecule has 0 saturated carbocycles. The Morgan fingerprint density at radius 3 is 1.96 bits per heavy atom. The molecule has 0 saturated heterocycles. The molecule has 0 amide bonds. The fraction of sp³-hybridized carbons (Fsp3) is 0.143. The van der Waals surface area contributed by atoms with E-state index in [0.29, 0.717) is 11.4 Å². The predicted octanol–water partition coefficient (Wildman–Crippen LogP) is 0.801. The van der Waals surface area contributed by atoms with Gasteiger partial charge >= 0.3 is 0 Å². The van der Waals surface area contributed by atoms with E-state index in [0.717, 1.165) is 0 Å². The minimum Gasteiger partial charge on any atom is -0.532 e. The summed E-state index contributed by atoms with van der Waals surface area (Å²) in [6, 6.07) is 8.65. The van der Waals surface area contributed by atoms with Gasteiger partial charge in [0, 0.05) is 41.4 Å². The molecule has 0 unspecified atom stereocenters. The van der Waals surface area contributed by atoms with Crippen molar-refractivity contribution in [3.8, 4) is 11.5 Å². The molecule has 1 radical (unpaired) electrons. The first kappa shape index (κ1) is 19.1. The van der Waals surface area contributed by atoms with Gasteiger partial charge in [0.2, 0.25) is 0 Å². The Balaban J connectivity index is 0.00000264.